The van der Waals surface area contributed by atoms with Gasteiger partial charge in [0.25, 0.3) is 0 Å². The molecule has 0 spiro atoms. The van der Waals surface area contributed by atoms with E-state index < -0.39 is 0 Å². The van der Waals surface area contributed by atoms with Gasteiger partial charge in [0.2, 0.25) is 0 Å². The molecular weight excluding hydrogens is 126 g/mol. The molecular formula is C7H18N3+. The average molecular weight is 144 g/mol. The monoisotopic (exact) mass is 144 g/mol. The minimum atomic E-state index is 0.112. The second kappa shape index (κ2) is 3.44. The van der Waals surface area contributed by atoms with Crippen molar-refractivity contribution in [2.45, 2.75) is 26.3 Å². The van der Waals surface area contributed by atoms with Crippen molar-refractivity contribution in [2.24, 2.45) is 0 Å². The summed E-state index contributed by atoms with van der Waals surface area (Å²) in [5.74, 6) is 0.951. The lowest BCUT2D eigenvalue weighted by Gasteiger charge is -2.16. The number of guanidine groups is 1. The molecule has 0 saturated carbocycles. The predicted molar refractivity (Wildman–Crippen MR) is 43.8 cm³/mol. The SMILES string of the molecule is CNC(NC(C)(C)C)=[NH+]C. The normalized spacial score (nSPS) is 13.1. The van der Waals surface area contributed by atoms with Gasteiger partial charge in [-0.3, -0.25) is 15.6 Å². The molecule has 0 heterocycles. The number of hydrogen-bond donors (Lipinski definition) is 3. The first kappa shape index (κ1) is 9.27. The summed E-state index contributed by atoms with van der Waals surface area (Å²) >= 11 is 0. The maximum absolute atomic E-state index is 3.25. The Hall–Kier alpha value is -0.730. The summed E-state index contributed by atoms with van der Waals surface area (Å²) < 4.78 is 0. The summed E-state index contributed by atoms with van der Waals surface area (Å²) in [4.78, 5) is 3.00. The number of hydrogen-bond acceptors (Lipinski definition) is 0. The van der Waals surface area contributed by atoms with Crippen LogP contribution in [0.3, 0.4) is 0 Å². The number of nitrogens with one attached hydrogen (secondary N) is 3. The fraction of sp³-hybridized carbons (Fsp3) is 0.857. The summed E-state index contributed by atoms with van der Waals surface area (Å²) in [6, 6.07) is 0. The van der Waals surface area contributed by atoms with Crippen molar-refractivity contribution in [3.05, 3.63) is 0 Å². The quantitative estimate of drug-likeness (QED) is 0.291. The van der Waals surface area contributed by atoms with Gasteiger partial charge in [0.15, 0.2) is 0 Å². The van der Waals surface area contributed by atoms with Gasteiger partial charge in [-0.25, -0.2) is 0 Å². The van der Waals surface area contributed by atoms with Gasteiger partial charge in [0.05, 0.1) is 19.6 Å². The van der Waals surface area contributed by atoms with E-state index in [1.807, 2.05) is 14.1 Å². The third kappa shape index (κ3) is 4.18. The molecule has 60 valence electrons. The lowest BCUT2D eigenvalue weighted by Crippen LogP contribution is -2.76. The van der Waals surface area contributed by atoms with Crippen molar-refractivity contribution in [3.63, 3.8) is 0 Å². The lowest BCUT2D eigenvalue weighted by atomic mass is 10.1. The molecule has 0 atom stereocenters. The summed E-state index contributed by atoms with van der Waals surface area (Å²) in [5.41, 5.74) is 0.112. The Balaban J connectivity index is 3.88. The molecule has 0 aliphatic carbocycles. The highest BCUT2D eigenvalue weighted by Gasteiger charge is 2.15. The summed E-state index contributed by atoms with van der Waals surface area (Å²) in [6.07, 6.45) is 0. The molecule has 0 aromatic carbocycles. The Bertz CT molecular complexity index is 121. The Morgan fingerprint density at radius 1 is 1.30 bits per heavy atom. The van der Waals surface area contributed by atoms with Gasteiger partial charge in [0.1, 0.15) is 0 Å². The van der Waals surface area contributed by atoms with Gasteiger partial charge >= 0.3 is 5.96 Å². The molecule has 0 aliphatic rings. The molecule has 3 nitrogen and oxygen atoms in total. The zero-order chi connectivity index (χ0) is 8.20. The summed E-state index contributed by atoms with van der Waals surface area (Å²) in [5, 5.41) is 6.25. The maximum Gasteiger partial charge on any atom is 0.343 e. The van der Waals surface area contributed by atoms with Gasteiger partial charge in [-0.1, -0.05) is 0 Å². The molecule has 0 saturated heterocycles. The van der Waals surface area contributed by atoms with E-state index in [1.54, 1.807) is 0 Å². The van der Waals surface area contributed by atoms with Crippen LogP contribution < -0.4 is 15.6 Å². The molecule has 0 aromatic rings. The predicted octanol–water partition coefficient (Wildman–Crippen LogP) is -1.34. The topological polar surface area (TPSA) is 38.0 Å². The van der Waals surface area contributed by atoms with E-state index in [9.17, 15) is 0 Å². The summed E-state index contributed by atoms with van der Waals surface area (Å²) in [7, 11) is 3.76. The molecule has 0 fully saturated rings. The van der Waals surface area contributed by atoms with E-state index in [1.165, 1.54) is 0 Å². The van der Waals surface area contributed by atoms with Crippen LogP contribution >= 0.6 is 0 Å². The highest BCUT2D eigenvalue weighted by Crippen LogP contribution is 1.95. The first-order valence-corrected chi connectivity index (χ1v) is 3.50. The zero-order valence-electron chi connectivity index (χ0n) is 7.50. The van der Waals surface area contributed by atoms with Gasteiger partial charge in [-0.2, -0.15) is 0 Å². The van der Waals surface area contributed by atoms with Crippen molar-refractivity contribution in [2.75, 3.05) is 14.1 Å². The molecule has 0 unspecified atom stereocenters. The van der Waals surface area contributed by atoms with Crippen LogP contribution in [0.5, 0.6) is 0 Å². The van der Waals surface area contributed by atoms with Crippen LogP contribution in [0.15, 0.2) is 0 Å². The van der Waals surface area contributed by atoms with Gasteiger partial charge < -0.3 is 0 Å². The second-order valence-corrected chi connectivity index (χ2v) is 3.25. The molecule has 0 bridgehead atoms. The molecule has 3 N–H and O–H groups in total. The van der Waals surface area contributed by atoms with Crippen LogP contribution in [-0.4, -0.2) is 25.6 Å². The van der Waals surface area contributed by atoms with E-state index in [0.29, 0.717) is 0 Å². The van der Waals surface area contributed by atoms with Crippen LogP contribution in [-0.2, 0) is 0 Å². The molecule has 0 aliphatic heterocycles. The summed E-state index contributed by atoms with van der Waals surface area (Å²) in [6.45, 7) is 6.34. The van der Waals surface area contributed by atoms with E-state index >= 15 is 0 Å². The first-order chi connectivity index (χ1) is 4.49. The van der Waals surface area contributed by atoms with Crippen molar-refractivity contribution in [1.82, 2.24) is 10.6 Å². The average Bonchev–Trinajstić information content (AvgIpc) is 1.81. The molecule has 3 heteroatoms. The van der Waals surface area contributed by atoms with Gasteiger partial charge in [-0.05, 0) is 20.8 Å². The minimum absolute atomic E-state index is 0.112. The standard InChI is InChI=1S/C7H17N3/c1-7(2,3)10-6(8-4)9-5/h1-5H3,(H2,8,9,10)/p+1. The van der Waals surface area contributed by atoms with E-state index in [2.05, 4.69) is 36.4 Å². The Labute approximate surface area is 62.9 Å². The van der Waals surface area contributed by atoms with E-state index in [0.717, 1.165) is 5.96 Å². The highest BCUT2D eigenvalue weighted by atomic mass is 15.2. The van der Waals surface area contributed by atoms with Gasteiger partial charge in [-0.15, -0.1) is 0 Å². The van der Waals surface area contributed by atoms with Crippen LogP contribution in [0.2, 0.25) is 0 Å². The van der Waals surface area contributed by atoms with Crippen LogP contribution in [0, 0.1) is 0 Å². The van der Waals surface area contributed by atoms with Crippen molar-refractivity contribution in [3.8, 4) is 0 Å². The molecule has 0 rings (SSSR count). The van der Waals surface area contributed by atoms with Crippen molar-refractivity contribution in [1.29, 1.82) is 0 Å². The fourth-order valence-electron chi connectivity index (χ4n) is 0.625. The maximum atomic E-state index is 3.25. The highest BCUT2D eigenvalue weighted by molar-refractivity contribution is 5.74. The molecule has 0 amide bonds. The fourth-order valence-corrected chi connectivity index (χ4v) is 0.625. The smallest absolute Gasteiger partial charge is 0.281 e. The zero-order valence-corrected chi connectivity index (χ0v) is 7.50. The second-order valence-electron chi connectivity index (χ2n) is 3.25. The van der Waals surface area contributed by atoms with Crippen molar-refractivity contribution >= 4 is 5.96 Å². The van der Waals surface area contributed by atoms with Crippen LogP contribution in [0.4, 0.5) is 0 Å². The third-order valence-electron chi connectivity index (χ3n) is 1.00. The minimum Gasteiger partial charge on any atom is -0.281 e. The van der Waals surface area contributed by atoms with Gasteiger partial charge in [0, 0.05) is 0 Å². The molecule has 0 aromatic heterocycles. The lowest BCUT2D eigenvalue weighted by molar-refractivity contribution is -0.425. The van der Waals surface area contributed by atoms with E-state index in [-0.39, 0.29) is 5.54 Å². The van der Waals surface area contributed by atoms with Crippen molar-refractivity contribution < 1.29 is 4.99 Å². The number of rotatable bonds is 0. The Kier molecular flexibility index (Phi) is 3.19. The largest absolute Gasteiger partial charge is 0.343 e. The Morgan fingerprint density at radius 3 is 1.90 bits per heavy atom. The Morgan fingerprint density at radius 2 is 1.80 bits per heavy atom. The first-order valence-electron chi connectivity index (χ1n) is 3.50. The molecule has 0 radical (unpaired) electrons. The van der Waals surface area contributed by atoms with E-state index in [4.69, 9.17) is 0 Å². The van der Waals surface area contributed by atoms with Crippen LogP contribution in [0.25, 0.3) is 0 Å². The van der Waals surface area contributed by atoms with Crippen LogP contribution in [0.1, 0.15) is 20.8 Å². The molecule has 10 heavy (non-hydrogen) atoms. The third-order valence-corrected chi connectivity index (χ3v) is 1.00.